The fourth-order valence-electron chi connectivity index (χ4n) is 1.26. The molecular weight excluding hydrogens is 220 g/mol. The molecule has 102 valence electrons. The van der Waals surface area contributed by atoms with Crippen LogP contribution in [-0.2, 0) is 14.2 Å². The third-order valence-electron chi connectivity index (χ3n) is 1.98. The lowest BCUT2D eigenvalue weighted by Crippen LogP contribution is -2.23. The number of rotatable bonds is 9. The van der Waals surface area contributed by atoms with Crippen molar-refractivity contribution < 1.29 is 19.3 Å². The average molecular weight is 246 g/mol. The van der Waals surface area contributed by atoms with E-state index in [-0.39, 0.29) is 0 Å². The van der Waals surface area contributed by atoms with Crippen LogP contribution in [-0.4, -0.2) is 36.8 Å². The predicted molar refractivity (Wildman–Crippen MR) is 67.7 cm³/mol. The molecule has 0 heterocycles. The standard InChI is InChI=1S/C13H26O4/c1-6-15-11(9-10-13(4,5)14)12(16-7-2)17-8-3/h9,12,14H,6-8,10H2,1-5H3/b11-9-. The molecule has 0 fully saturated rings. The molecule has 0 bridgehead atoms. The molecule has 0 aliphatic carbocycles. The largest absolute Gasteiger partial charge is 0.493 e. The lowest BCUT2D eigenvalue weighted by atomic mass is 10.1. The van der Waals surface area contributed by atoms with Gasteiger partial charge in [0.15, 0.2) is 0 Å². The molecule has 0 rings (SSSR count). The van der Waals surface area contributed by atoms with Crippen LogP contribution in [0.3, 0.4) is 0 Å². The molecule has 0 aromatic carbocycles. The minimum Gasteiger partial charge on any atom is -0.493 e. The van der Waals surface area contributed by atoms with Crippen LogP contribution in [0.25, 0.3) is 0 Å². The zero-order valence-electron chi connectivity index (χ0n) is 11.7. The van der Waals surface area contributed by atoms with Gasteiger partial charge in [0, 0.05) is 13.2 Å². The van der Waals surface area contributed by atoms with Gasteiger partial charge < -0.3 is 19.3 Å². The van der Waals surface area contributed by atoms with Crippen LogP contribution in [0.2, 0.25) is 0 Å². The first-order valence-corrected chi connectivity index (χ1v) is 6.23. The highest BCUT2D eigenvalue weighted by Gasteiger charge is 2.18. The second kappa shape index (κ2) is 8.50. The SMILES string of the molecule is CCO/C(=C\CC(C)(C)O)C(OCC)OCC. The van der Waals surface area contributed by atoms with Crippen molar-refractivity contribution in [1.29, 1.82) is 0 Å². The molecule has 0 aromatic rings. The van der Waals surface area contributed by atoms with Crippen molar-refractivity contribution in [2.75, 3.05) is 19.8 Å². The summed E-state index contributed by atoms with van der Waals surface area (Å²) in [6, 6.07) is 0. The van der Waals surface area contributed by atoms with Crippen molar-refractivity contribution in [2.24, 2.45) is 0 Å². The van der Waals surface area contributed by atoms with Gasteiger partial charge in [0.25, 0.3) is 0 Å². The molecule has 1 N–H and O–H groups in total. The first-order valence-electron chi connectivity index (χ1n) is 6.23. The van der Waals surface area contributed by atoms with Gasteiger partial charge in [0.1, 0.15) is 5.76 Å². The van der Waals surface area contributed by atoms with Crippen molar-refractivity contribution >= 4 is 0 Å². The van der Waals surface area contributed by atoms with E-state index in [2.05, 4.69) is 0 Å². The zero-order chi connectivity index (χ0) is 13.3. The van der Waals surface area contributed by atoms with Gasteiger partial charge >= 0.3 is 0 Å². The van der Waals surface area contributed by atoms with E-state index in [1.54, 1.807) is 13.8 Å². The van der Waals surface area contributed by atoms with E-state index in [9.17, 15) is 5.11 Å². The topological polar surface area (TPSA) is 47.9 Å². The molecular formula is C13H26O4. The predicted octanol–water partition coefficient (Wildman–Crippen LogP) is 2.47. The Hall–Kier alpha value is -0.580. The van der Waals surface area contributed by atoms with Gasteiger partial charge in [0.2, 0.25) is 6.29 Å². The third-order valence-corrected chi connectivity index (χ3v) is 1.98. The van der Waals surface area contributed by atoms with E-state index >= 15 is 0 Å². The maximum Gasteiger partial charge on any atom is 0.216 e. The van der Waals surface area contributed by atoms with Crippen LogP contribution >= 0.6 is 0 Å². The van der Waals surface area contributed by atoms with Crippen LogP contribution in [0.1, 0.15) is 41.0 Å². The van der Waals surface area contributed by atoms with E-state index < -0.39 is 11.9 Å². The highest BCUT2D eigenvalue weighted by molar-refractivity contribution is 4.99. The summed E-state index contributed by atoms with van der Waals surface area (Å²) >= 11 is 0. The van der Waals surface area contributed by atoms with Gasteiger partial charge in [-0.3, -0.25) is 0 Å². The Balaban J connectivity index is 4.64. The summed E-state index contributed by atoms with van der Waals surface area (Å²) in [6.45, 7) is 10.9. The molecule has 0 aromatic heterocycles. The lowest BCUT2D eigenvalue weighted by molar-refractivity contribution is -0.136. The van der Waals surface area contributed by atoms with Crippen molar-refractivity contribution in [2.45, 2.75) is 52.9 Å². The molecule has 0 radical (unpaired) electrons. The summed E-state index contributed by atoms with van der Waals surface area (Å²) in [6.07, 6.45) is 1.85. The Bertz CT molecular complexity index is 212. The van der Waals surface area contributed by atoms with Crippen molar-refractivity contribution in [1.82, 2.24) is 0 Å². The van der Waals surface area contributed by atoms with Gasteiger partial charge in [-0.1, -0.05) is 0 Å². The molecule has 17 heavy (non-hydrogen) atoms. The second-order valence-corrected chi connectivity index (χ2v) is 4.30. The maximum atomic E-state index is 9.69. The van der Waals surface area contributed by atoms with Crippen molar-refractivity contribution in [3.63, 3.8) is 0 Å². The monoisotopic (exact) mass is 246 g/mol. The Morgan fingerprint density at radius 1 is 1.12 bits per heavy atom. The molecule has 4 heteroatoms. The number of hydrogen-bond donors (Lipinski definition) is 1. The Morgan fingerprint density at radius 2 is 1.65 bits per heavy atom. The third kappa shape index (κ3) is 8.18. The number of hydrogen-bond acceptors (Lipinski definition) is 4. The molecule has 0 saturated heterocycles. The van der Waals surface area contributed by atoms with Crippen LogP contribution in [0, 0.1) is 0 Å². The average Bonchev–Trinajstić information content (AvgIpc) is 2.23. The van der Waals surface area contributed by atoms with Crippen LogP contribution in [0.5, 0.6) is 0 Å². The van der Waals surface area contributed by atoms with Crippen LogP contribution < -0.4 is 0 Å². The fourth-order valence-corrected chi connectivity index (χ4v) is 1.26. The van der Waals surface area contributed by atoms with Gasteiger partial charge in [-0.2, -0.15) is 0 Å². The fraction of sp³-hybridized carbons (Fsp3) is 0.846. The van der Waals surface area contributed by atoms with Crippen LogP contribution in [0.4, 0.5) is 0 Å². The van der Waals surface area contributed by atoms with Gasteiger partial charge in [-0.15, -0.1) is 0 Å². The van der Waals surface area contributed by atoms with Crippen LogP contribution in [0.15, 0.2) is 11.8 Å². The summed E-state index contributed by atoms with van der Waals surface area (Å²) in [7, 11) is 0. The van der Waals surface area contributed by atoms with Crippen molar-refractivity contribution in [3.8, 4) is 0 Å². The molecule has 0 saturated carbocycles. The Labute approximate surface area is 105 Å². The summed E-state index contributed by atoms with van der Waals surface area (Å²) in [5.74, 6) is 0.637. The van der Waals surface area contributed by atoms with Crippen molar-refractivity contribution in [3.05, 3.63) is 11.8 Å². The van der Waals surface area contributed by atoms with Gasteiger partial charge in [0.05, 0.1) is 12.2 Å². The molecule has 0 amide bonds. The summed E-state index contributed by atoms with van der Waals surface area (Å²) in [5, 5.41) is 9.69. The first-order chi connectivity index (χ1) is 7.94. The highest BCUT2D eigenvalue weighted by atomic mass is 16.7. The Morgan fingerprint density at radius 3 is 2.00 bits per heavy atom. The maximum absolute atomic E-state index is 9.69. The quantitative estimate of drug-likeness (QED) is 0.501. The summed E-state index contributed by atoms with van der Waals surface area (Å²) in [4.78, 5) is 0. The molecule has 4 nitrogen and oxygen atoms in total. The van der Waals surface area contributed by atoms with Gasteiger partial charge in [-0.05, 0) is 47.1 Å². The smallest absolute Gasteiger partial charge is 0.216 e. The lowest BCUT2D eigenvalue weighted by Gasteiger charge is -2.22. The van der Waals surface area contributed by atoms with E-state index in [0.717, 1.165) is 0 Å². The molecule has 0 spiro atoms. The highest BCUT2D eigenvalue weighted by Crippen LogP contribution is 2.16. The minimum absolute atomic E-state index is 0.479. The zero-order valence-corrected chi connectivity index (χ0v) is 11.7. The second-order valence-electron chi connectivity index (χ2n) is 4.30. The van der Waals surface area contributed by atoms with E-state index in [1.807, 2.05) is 26.8 Å². The first kappa shape index (κ1) is 16.4. The molecule has 0 aliphatic rings. The normalized spacial score (nSPS) is 13.2. The van der Waals surface area contributed by atoms with E-state index in [1.165, 1.54) is 0 Å². The number of ether oxygens (including phenoxy) is 3. The Kier molecular flexibility index (Phi) is 8.21. The summed E-state index contributed by atoms with van der Waals surface area (Å²) < 4.78 is 16.4. The molecule has 0 atom stereocenters. The van der Waals surface area contributed by atoms with E-state index in [4.69, 9.17) is 14.2 Å². The minimum atomic E-state index is -0.759. The number of aliphatic hydroxyl groups is 1. The van der Waals surface area contributed by atoms with Gasteiger partial charge in [-0.25, -0.2) is 0 Å². The van der Waals surface area contributed by atoms with E-state index in [0.29, 0.717) is 32.0 Å². The molecule has 0 unspecified atom stereocenters. The summed E-state index contributed by atoms with van der Waals surface area (Å²) in [5.41, 5.74) is -0.759. The molecule has 0 aliphatic heterocycles.